The zero-order valence-corrected chi connectivity index (χ0v) is 8.22. The van der Waals surface area contributed by atoms with Crippen molar-refractivity contribution in [1.29, 1.82) is 0 Å². The molecule has 2 atom stereocenters. The topological polar surface area (TPSA) is 20.2 Å². The van der Waals surface area contributed by atoms with Gasteiger partial charge in [-0.3, -0.25) is 0 Å². The second-order valence-corrected chi connectivity index (χ2v) is 3.22. The first-order chi connectivity index (χ1) is 6.74. The zero-order valence-electron chi connectivity index (χ0n) is 8.22. The molecule has 0 saturated carbocycles. The molecule has 1 heteroatoms. The number of benzene rings is 1. The van der Waals surface area contributed by atoms with E-state index in [1.54, 1.807) is 6.08 Å². The van der Waals surface area contributed by atoms with Crippen LogP contribution in [0, 0.1) is 18.3 Å². The molecule has 0 unspecified atom stereocenters. The smallest absolute Gasteiger partial charge is 0.0858 e. The standard InChI is InChI=1S/C13H14O/c1-3-11(2)13(14)10-9-12-7-5-4-6-8-12/h1,4-11,13-14H,2H3/b10-9+/t11-,13-/m1/s1. The molecule has 0 fully saturated rings. The summed E-state index contributed by atoms with van der Waals surface area (Å²) in [5, 5.41) is 9.55. The van der Waals surface area contributed by atoms with E-state index in [-0.39, 0.29) is 5.92 Å². The van der Waals surface area contributed by atoms with Gasteiger partial charge in [0.25, 0.3) is 0 Å². The molecule has 0 bridgehead atoms. The SMILES string of the molecule is C#C[C@@H](C)[C@H](O)/C=C/c1ccccc1. The third-order valence-corrected chi connectivity index (χ3v) is 2.06. The maximum Gasteiger partial charge on any atom is 0.0858 e. The summed E-state index contributed by atoms with van der Waals surface area (Å²) in [6, 6.07) is 9.82. The van der Waals surface area contributed by atoms with Gasteiger partial charge in [-0.2, -0.15) is 0 Å². The van der Waals surface area contributed by atoms with E-state index in [1.165, 1.54) is 0 Å². The molecule has 1 rings (SSSR count). The number of hydrogen-bond acceptors (Lipinski definition) is 1. The monoisotopic (exact) mass is 186 g/mol. The molecule has 0 spiro atoms. The van der Waals surface area contributed by atoms with Crippen molar-refractivity contribution in [3.05, 3.63) is 42.0 Å². The largest absolute Gasteiger partial charge is 0.388 e. The van der Waals surface area contributed by atoms with Gasteiger partial charge in [-0.25, -0.2) is 0 Å². The van der Waals surface area contributed by atoms with Crippen LogP contribution in [0.1, 0.15) is 12.5 Å². The highest BCUT2D eigenvalue weighted by Crippen LogP contribution is 2.06. The average Bonchev–Trinajstić information content (AvgIpc) is 2.26. The van der Waals surface area contributed by atoms with Crippen molar-refractivity contribution in [2.75, 3.05) is 0 Å². The number of terminal acetylenes is 1. The van der Waals surface area contributed by atoms with Crippen LogP contribution < -0.4 is 0 Å². The van der Waals surface area contributed by atoms with Gasteiger partial charge in [0, 0.05) is 5.92 Å². The Morgan fingerprint density at radius 3 is 2.57 bits per heavy atom. The lowest BCUT2D eigenvalue weighted by atomic mass is 10.0. The van der Waals surface area contributed by atoms with Crippen molar-refractivity contribution in [3.8, 4) is 12.3 Å². The minimum absolute atomic E-state index is 0.144. The van der Waals surface area contributed by atoms with Crippen LogP contribution >= 0.6 is 0 Å². The predicted octanol–water partition coefficient (Wildman–Crippen LogP) is 2.33. The third kappa shape index (κ3) is 3.08. The summed E-state index contributed by atoms with van der Waals surface area (Å²) in [6.45, 7) is 1.82. The van der Waals surface area contributed by atoms with Crippen molar-refractivity contribution in [3.63, 3.8) is 0 Å². The van der Waals surface area contributed by atoms with E-state index in [0.29, 0.717) is 0 Å². The van der Waals surface area contributed by atoms with E-state index in [1.807, 2.05) is 43.3 Å². The van der Waals surface area contributed by atoms with Crippen LogP contribution in [0.15, 0.2) is 36.4 Å². The van der Waals surface area contributed by atoms with Crippen LogP contribution in [0.4, 0.5) is 0 Å². The van der Waals surface area contributed by atoms with Gasteiger partial charge < -0.3 is 5.11 Å². The first-order valence-corrected chi connectivity index (χ1v) is 4.61. The van der Waals surface area contributed by atoms with Crippen LogP contribution in [0.5, 0.6) is 0 Å². The summed E-state index contributed by atoms with van der Waals surface area (Å²) < 4.78 is 0. The lowest BCUT2D eigenvalue weighted by Gasteiger charge is -2.07. The number of hydrogen-bond donors (Lipinski definition) is 1. The summed E-state index contributed by atoms with van der Waals surface area (Å²) in [5.74, 6) is 2.36. The van der Waals surface area contributed by atoms with Crippen LogP contribution in [0.2, 0.25) is 0 Å². The van der Waals surface area contributed by atoms with Crippen molar-refractivity contribution in [2.24, 2.45) is 5.92 Å². The summed E-state index contributed by atoms with van der Waals surface area (Å²) >= 11 is 0. The van der Waals surface area contributed by atoms with E-state index in [9.17, 15) is 5.11 Å². The van der Waals surface area contributed by atoms with Gasteiger partial charge >= 0.3 is 0 Å². The Hall–Kier alpha value is -1.52. The number of rotatable bonds is 3. The Balaban J connectivity index is 2.61. The molecule has 0 amide bonds. The lowest BCUT2D eigenvalue weighted by Crippen LogP contribution is -2.12. The van der Waals surface area contributed by atoms with Crippen molar-refractivity contribution >= 4 is 6.08 Å². The molecule has 0 aromatic heterocycles. The second kappa shape index (κ2) is 5.26. The normalized spacial score (nSPS) is 14.9. The van der Waals surface area contributed by atoms with E-state index in [4.69, 9.17) is 6.42 Å². The van der Waals surface area contributed by atoms with Gasteiger partial charge in [0.15, 0.2) is 0 Å². The summed E-state index contributed by atoms with van der Waals surface area (Å²) in [4.78, 5) is 0. The minimum Gasteiger partial charge on any atom is -0.388 e. The van der Waals surface area contributed by atoms with Crippen LogP contribution in [-0.4, -0.2) is 11.2 Å². The molecule has 72 valence electrons. The van der Waals surface area contributed by atoms with E-state index >= 15 is 0 Å². The highest BCUT2D eigenvalue weighted by atomic mass is 16.3. The van der Waals surface area contributed by atoms with Gasteiger partial charge in [-0.1, -0.05) is 42.5 Å². The molecule has 1 N–H and O–H groups in total. The fraction of sp³-hybridized carbons (Fsp3) is 0.231. The molecule has 0 aliphatic carbocycles. The van der Waals surface area contributed by atoms with Gasteiger partial charge in [-0.05, 0) is 12.5 Å². The Morgan fingerprint density at radius 1 is 1.36 bits per heavy atom. The summed E-state index contributed by atoms with van der Waals surface area (Å²) in [5.41, 5.74) is 1.07. The van der Waals surface area contributed by atoms with E-state index < -0.39 is 6.10 Å². The molecule has 0 aliphatic heterocycles. The molecular weight excluding hydrogens is 172 g/mol. The van der Waals surface area contributed by atoms with Crippen molar-refractivity contribution in [1.82, 2.24) is 0 Å². The highest BCUT2D eigenvalue weighted by molar-refractivity contribution is 5.49. The molecular formula is C13H14O. The molecule has 1 aromatic rings. The zero-order chi connectivity index (χ0) is 10.4. The van der Waals surface area contributed by atoms with E-state index in [2.05, 4.69) is 5.92 Å². The van der Waals surface area contributed by atoms with Crippen LogP contribution in [0.3, 0.4) is 0 Å². The third-order valence-electron chi connectivity index (χ3n) is 2.06. The molecule has 14 heavy (non-hydrogen) atoms. The average molecular weight is 186 g/mol. The van der Waals surface area contributed by atoms with Crippen molar-refractivity contribution < 1.29 is 5.11 Å². The Labute approximate surface area is 85.1 Å². The fourth-order valence-electron chi connectivity index (χ4n) is 1.04. The maximum absolute atomic E-state index is 9.55. The summed E-state index contributed by atoms with van der Waals surface area (Å²) in [6.07, 6.45) is 8.22. The maximum atomic E-state index is 9.55. The Bertz CT molecular complexity index is 332. The van der Waals surface area contributed by atoms with Gasteiger partial charge in [0.1, 0.15) is 0 Å². The van der Waals surface area contributed by atoms with E-state index in [0.717, 1.165) is 5.56 Å². The second-order valence-electron chi connectivity index (χ2n) is 3.22. The molecule has 1 aromatic carbocycles. The molecule has 0 saturated heterocycles. The predicted molar refractivity (Wildman–Crippen MR) is 59.5 cm³/mol. The van der Waals surface area contributed by atoms with Gasteiger partial charge in [0.2, 0.25) is 0 Å². The Kier molecular flexibility index (Phi) is 3.97. The molecule has 0 heterocycles. The molecule has 0 aliphatic rings. The summed E-state index contributed by atoms with van der Waals surface area (Å²) in [7, 11) is 0. The fourth-order valence-corrected chi connectivity index (χ4v) is 1.04. The molecule has 0 radical (unpaired) electrons. The quantitative estimate of drug-likeness (QED) is 0.718. The Morgan fingerprint density at radius 2 is 2.00 bits per heavy atom. The van der Waals surface area contributed by atoms with Crippen LogP contribution in [-0.2, 0) is 0 Å². The first kappa shape index (κ1) is 10.6. The number of aliphatic hydroxyl groups excluding tert-OH is 1. The lowest BCUT2D eigenvalue weighted by molar-refractivity contribution is 0.190. The molecule has 1 nitrogen and oxygen atoms in total. The van der Waals surface area contributed by atoms with Gasteiger partial charge in [-0.15, -0.1) is 12.3 Å². The van der Waals surface area contributed by atoms with Crippen molar-refractivity contribution in [2.45, 2.75) is 13.0 Å². The van der Waals surface area contributed by atoms with Crippen LogP contribution in [0.25, 0.3) is 6.08 Å². The first-order valence-electron chi connectivity index (χ1n) is 4.61. The number of aliphatic hydroxyl groups is 1. The highest BCUT2D eigenvalue weighted by Gasteiger charge is 2.06. The minimum atomic E-state index is -0.569. The van der Waals surface area contributed by atoms with Gasteiger partial charge in [0.05, 0.1) is 6.10 Å².